The standard InChI is InChI=1S/C11H11BrFN3/c1-16-3-2-15-11(16)10(14)7-4-8(12)6-9(13)5-7/h2-6,10H,14H2,1H3. The number of rotatable bonds is 2. The zero-order chi connectivity index (χ0) is 11.7. The largest absolute Gasteiger partial charge is 0.336 e. The molecule has 5 heteroatoms. The molecule has 0 radical (unpaired) electrons. The number of aryl methyl sites for hydroxylation is 1. The van der Waals surface area contributed by atoms with E-state index in [9.17, 15) is 4.39 Å². The van der Waals surface area contributed by atoms with E-state index in [1.165, 1.54) is 12.1 Å². The van der Waals surface area contributed by atoms with Crippen LogP contribution in [0.25, 0.3) is 0 Å². The van der Waals surface area contributed by atoms with Crippen LogP contribution in [0.2, 0.25) is 0 Å². The smallest absolute Gasteiger partial charge is 0.129 e. The van der Waals surface area contributed by atoms with Gasteiger partial charge in [0.05, 0.1) is 6.04 Å². The van der Waals surface area contributed by atoms with Crippen LogP contribution in [0.5, 0.6) is 0 Å². The fourth-order valence-corrected chi connectivity index (χ4v) is 2.06. The molecule has 1 atom stereocenters. The van der Waals surface area contributed by atoms with E-state index in [1.807, 2.05) is 17.8 Å². The molecule has 2 aromatic rings. The molecule has 0 saturated heterocycles. The van der Waals surface area contributed by atoms with Crippen molar-refractivity contribution in [3.05, 3.63) is 52.3 Å². The number of hydrogen-bond donors (Lipinski definition) is 1. The van der Waals surface area contributed by atoms with Crippen LogP contribution >= 0.6 is 15.9 Å². The molecule has 0 aliphatic rings. The molecule has 0 amide bonds. The Bertz CT molecular complexity index is 489. The monoisotopic (exact) mass is 283 g/mol. The van der Waals surface area contributed by atoms with Gasteiger partial charge in [-0.3, -0.25) is 0 Å². The highest BCUT2D eigenvalue weighted by Gasteiger charge is 2.14. The van der Waals surface area contributed by atoms with Crippen LogP contribution in [0.15, 0.2) is 35.1 Å². The van der Waals surface area contributed by atoms with Crippen LogP contribution < -0.4 is 5.73 Å². The highest BCUT2D eigenvalue weighted by Crippen LogP contribution is 2.22. The Balaban J connectivity index is 2.41. The van der Waals surface area contributed by atoms with Crippen molar-refractivity contribution in [2.24, 2.45) is 12.8 Å². The lowest BCUT2D eigenvalue weighted by Gasteiger charge is -2.12. The molecule has 1 unspecified atom stereocenters. The molecule has 16 heavy (non-hydrogen) atoms. The molecular weight excluding hydrogens is 273 g/mol. The Morgan fingerprint density at radius 3 is 2.75 bits per heavy atom. The predicted octanol–water partition coefficient (Wildman–Crippen LogP) is 2.37. The van der Waals surface area contributed by atoms with Gasteiger partial charge in [-0.05, 0) is 23.8 Å². The lowest BCUT2D eigenvalue weighted by atomic mass is 10.1. The maximum Gasteiger partial charge on any atom is 0.129 e. The number of aromatic nitrogens is 2. The summed E-state index contributed by atoms with van der Waals surface area (Å²) in [6.45, 7) is 0. The SMILES string of the molecule is Cn1ccnc1C(N)c1cc(F)cc(Br)c1. The van der Waals surface area contributed by atoms with Crippen molar-refractivity contribution in [1.29, 1.82) is 0 Å². The zero-order valence-corrected chi connectivity index (χ0v) is 10.3. The van der Waals surface area contributed by atoms with Gasteiger partial charge in [0.1, 0.15) is 11.6 Å². The summed E-state index contributed by atoms with van der Waals surface area (Å²) < 4.78 is 15.7. The number of imidazole rings is 1. The van der Waals surface area contributed by atoms with Gasteiger partial charge in [-0.1, -0.05) is 15.9 Å². The minimum Gasteiger partial charge on any atom is -0.336 e. The number of hydrogen-bond acceptors (Lipinski definition) is 2. The molecule has 0 aliphatic carbocycles. The average Bonchev–Trinajstić information content (AvgIpc) is 2.62. The van der Waals surface area contributed by atoms with Gasteiger partial charge in [-0.15, -0.1) is 0 Å². The maximum absolute atomic E-state index is 13.2. The van der Waals surface area contributed by atoms with E-state index in [0.29, 0.717) is 15.9 Å². The van der Waals surface area contributed by atoms with Gasteiger partial charge in [0.2, 0.25) is 0 Å². The van der Waals surface area contributed by atoms with Crippen LogP contribution in [-0.4, -0.2) is 9.55 Å². The first-order valence-corrected chi connectivity index (χ1v) is 5.56. The molecule has 1 aromatic heterocycles. The molecule has 0 fully saturated rings. The van der Waals surface area contributed by atoms with Gasteiger partial charge in [0.25, 0.3) is 0 Å². The number of benzene rings is 1. The van der Waals surface area contributed by atoms with E-state index in [0.717, 1.165) is 0 Å². The summed E-state index contributed by atoms with van der Waals surface area (Å²) in [6, 6.07) is 4.19. The Kier molecular flexibility index (Phi) is 3.07. The summed E-state index contributed by atoms with van der Waals surface area (Å²) in [6.07, 6.45) is 3.48. The van der Waals surface area contributed by atoms with Gasteiger partial charge in [0.15, 0.2) is 0 Å². The van der Waals surface area contributed by atoms with Crippen molar-refractivity contribution in [2.75, 3.05) is 0 Å². The van der Waals surface area contributed by atoms with Crippen molar-refractivity contribution in [2.45, 2.75) is 6.04 Å². The summed E-state index contributed by atoms with van der Waals surface area (Å²) in [5.74, 6) is 0.395. The summed E-state index contributed by atoms with van der Waals surface area (Å²) in [7, 11) is 1.86. The van der Waals surface area contributed by atoms with E-state index < -0.39 is 6.04 Å². The van der Waals surface area contributed by atoms with Crippen molar-refractivity contribution < 1.29 is 4.39 Å². The normalized spacial score (nSPS) is 12.8. The second-order valence-electron chi connectivity index (χ2n) is 3.58. The lowest BCUT2D eigenvalue weighted by molar-refractivity contribution is 0.619. The molecule has 0 bridgehead atoms. The third-order valence-electron chi connectivity index (χ3n) is 2.38. The molecule has 2 rings (SSSR count). The van der Waals surface area contributed by atoms with Gasteiger partial charge in [-0.2, -0.15) is 0 Å². The molecule has 2 N–H and O–H groups in total. The van der Waals surface area contributed by atoms with Crippen LogP contribution in [-0.2, 0) is 7.05 Å². The van der Waals surface area contributed by atoms with Gasteiger partial charge >= 0.3 is 0 Å². The summed E-state index contributed by atoms with van der Waals surface area (Å²) in [5, 5.41) is 0. The topological polar surface area (TPSA) is 43.8 Å². The Labute approximate surface area is 101 Å². The average molecular weight is 284 g/mol. The first-order chi connectivity index (χ1) is 7.58. The summed E-state index contributed by atoms with van der Waals surface area (Å²) >= 11 is 3.24. The Morgan fingerprint density at radius 1 is 1.44 bits per heavy atom. The third kappa shape index (κ3) is 2.15. The number of nitrogens with two attached hydrogens (primary N) is 1. The third-order valence-corrected chi connectivity index (χ3v) is 2.84. The number of halogens is 2. The second kappa shape index (κ2) is 4.35. The first-order valence-electron chi connectivity index (χ1n) is 4.76. The molecular formula is C11H11BrFN3. The van der Waals surface area contributed by atoms with Gasteiger partial charge < -0.3 is 10.3 Å². The molecule has 0 aliphatic heterocycles. The first kappa shape index (κ1) is 11.3. The van der Waals surface area contributed by atoms with Crippen LogP contribution in [0.3, 0.4) is 0 Å². The highest BCUT2D eigenvalue weighted by molar-refractivity contribution is 9.10. The van der Waals surface area contributed by atoms with Gasteiger partial charge in [0, 0.05) is 23.9 Å². The maximum atomic E-state index is 13.2. The molecule has 3 nitrogen and oxygen atoms in total. The van der Waals surface area contributed by atoms with E-state index in [-0.39, 0.29) is 5.82 Å². The quantitative estimate of drug-likeness (QED) is 0.920. The van der Waals surface area contributed by atoms with E-state index in [4.69, 9.17) is 5.73 Å². The van der Waals surface area contributed by atoms with E-state index in [2.05, 4.69) is 20.9 Å². The van der Waals surface area contributed by atoms with Crippen LogP contribution in [0, 0.1) is 5.82 Å². The summed E-state index contributed by atoms with van der Waals surface area (Å²) in [5.41, 5.74) is 6.72. The van der Waals surface area contributed by atoms with Gasteiger partial charge in [-0.25, -0.2) is 9.37 Å². The molecule has 0 saturated carbocycles. The van der Waals surface area contributed by atoms with E-state index >= 15 is 0 Å². The highest BCUT2D eigenvalue weighted by atomic mass is 79.9. The van der Waals surface area contributed by atoms with Crippen molar-refractivity contribution in [3.63, 3.8) is 0 Å². The lowest BCUT2D eigenvalue weighted by Crippen LogP contribution is -2.16. The van der Waals surface area contributed by atoms with Crippen molar-refractivity contribution in [3.8, 4) is 0 Å². The fraction of sp³-hybridized carbons (Fsp3) is 0.182. The van der Waals surface area contributed by atoms with Crippen LogP contribution in [0.4, 0.5) is 4.39 Å². The molecule has 84 valence electrons. The molecule has 0 spiro atoms. The van der Waals surface area contributed by atoms with Crippen molar-refractivity contribution >= 4 is 15.9 Å². The number of nitrogens with zero attached hydrogens (tertiary/aromatic N) is 2. The van der Waals surface area contributed by atoms with E-state index in [1.54, 1.807) is 12.3 Å². The predicted molar refractivity (Wildman–Crippen MR) is 63.3 cm³/mol. The minimum atomic E-state index is -0.424. The van der Waals surface area contributed by atoms with Crippen LogP contribution in [0.1, 0.15) is 17.4 Å². The fourth-order valence-electron chi connectivity index (χ4n) is 1.58. The molecule has 1 heterocycles. The van der Waals surface area contributed by atoms with Crippen molar-refractivity contribution in [1.82, 2.24) is 9.55 Å². The Morgan fingerprint density at radius 2 is 2.19 bits per heavy atom. The summed E-state index contributed by atoms with van der Waals surface area (Å²) in [4.78, 5) is 4.15. The zero-order valence-electron chi connectivity index (χ0n) is 8.69. The Hall–Kier alpha value is -1.20. The molecule has 1 aromatic carbocycles. The second-order valence-corrected chi connectivity index (χ2v) is 4.49. The minimum absolute atomic E-state index is 0.311.